The molecule has 5 nitrogen and oxygen atoms in total. The van der Waals surface area contributed by atoms with Crippen molar-refractivity contribution >= 4 is 22.4 Å². The summed E-state index contributed by atoms with van der Waals surface area (Å²) in [5, 5.41) is 6.52. The zero-order chi connectivity index (χ0) is 23.9. The lowest BCUT2D eigenvalue weighted by atomic mass is 9.63. The minimum Gasteiger partial charge on any atom is -0.368 e. The van der Waals surface area contributed by atoms with Gasteiger partial charge in [0.1, 0.15) is 6.10 Å². The van der Waals surface area contributed by atoms with E-state index >= 15 is 0 Å². The number of aromatic nitrogens is 1. The molecule has 0 spiro atoms. The van der Waals surface area contributed by atoms with E-state index < -0.39 is 0 Å². The topological polar surface area (TPSA) is 54.5 Å². The predicted molar refractivity (Wildman–Crippen MR) is 140 cm³/mol. The van der Waals surface area contributed by atoms with E-state index in [0.717, 1.165) is 56.0 Å². The lowest BCUT2D eigenvalue weighted by molar-refractivity contribution is -0.136. The van der Waals surface area contributed by atoms with Gasteiger partial charge in [0, 0.05) is 36.7 Å². The van der Waals surface area contributed by atoms with Gasteiger partial charge in [0.25, 0.3) is 0 Å². The van der Waals surface area contributed by atoms with Crippen LogP contribution in [-0.2, 0) is 20.4 Å². The molecule has 2 fully saturated rings. The molecule has 1 amide bonds. The van der Waals surface area contributed by atoms with Gasteiger partial charge in [-0.25, -0.2) is 4.98 Å². The molecule has 0 saturated carbocycles. The third kappa shape index (κ3) is 4.76. The summed E-state index contributed by atoms with van der Waals surface area (Å²) in [6.45, 7) is 12.1. The van der Waals surface area contributed by atoms with Crippen LogP contribution >= 0.6 is 11.3 Å². The van der Waals surface area contributed by atoms with E-state index in [9.17, 15) is 4.79 Å². The molecule has 2 aromatic rings. The van der Waals surface area contributed by atoms with Gasteiger partial charge in [0.05, 0.1) is 5.69 Å². The largest absolute Gasteiger partial charge is 0.368 e. The number of piperidine rings is 1. The average Bonchev–Trinajstić information content (AvgIpc) is 3.33. The fraction of sp³-hybridized carbons (Fsp3) is 0.643. The molecule has 34 heavy (non-hydrogen) atoms. The molecule has 0 radical (unpaired) electrons. The van der Waals surface area contributed by atoms with Gasteiger partial charge < -0.3 is 15.0 Å². The van der Waals surface area contributed by atoms with Gasteiger partial charge in [0.2, 0.25) is 5.91 Å². The Balaban J connectivity index is 1.23. The fourth-order valence-electron chi connectivity index (χ4n) is 5.75. The SMILES string of the molecule is CC1(C)CCC(C)(C)c2cc(-c3csc(N4CCC(NC(=O)C5CCCCO5)CC4)n3)ccc21. The number of carbonyl (C=O) groups excluding carboxylic acids is 1. The van der Waals surface area contributed by atoms with Crippen LogP contribution in [0, 0.1) is 0 Å². The van der Waals surface area contributed by atoms with Gasteiger partial charge in [0.15, 0.2) is 5.13 Å². The van der Waals surface area contributed by atoms with E-state index in [0.29, 0.717) is 6.61 Å². The summed E-state index contributed by atoms with van der Waals surface area (Å²) >= 11 is 1.73. The fourth-order valence-corrected chi connectivity index (χ4v) is 6.64. The maximum Gasteiger partial charge on any atom is 0.249 e. The van der Waals surface area contributed by atoms with Crippen molar-refractivity contribution in [2.75, 3.05) is 24.6 Å². The molecule has 0 bridgehead atoms. The highest BCUT2D eigenvalue weighted by Crippen LogP contribution is 2.47. The molecular weight excluding hydrogens is 442 g/mol. The zero-order valence-electron chi connectivity index (χ0n) is 21.2. The first-order valence-electron chi connectivity index (χ1n) is 13.0. The van der Waals surface area contributed by atoms with Crippen LogP contribution in [0.4, 0.5) is 5.13 Å². The van der Waals surface area contributed by atoms with Crippen molar-refractivity contribution in [1.82, 2.24) is 10.3 Å². The van der Waals surface area contributed by atoms with Crippen molar-refractivity contribution in [3.63, 3.8) is 0 Å². The number of hydrogen-bond donors (Lipinski definition) is 1. The third-order valence-corrected chi connectivity index (χ3v) is 9.13. The smallest absolute Gasteiger partial charge is 0.249 e. The lowest BCUT2D eigenvalue weighted by Crippen LogP contribution is -2.48. The second kappa shape index (κ2) is 9.27. The number of anilines is 1. The van der Waals surface area contributed by atoms with E-state index in [1.807, 2.05) is 0 Å². The molecule has 1 atom stereocenters. The molecule has 1 aliphatic carbocycles. The number of carbonyl (C=O) groups is 1. The number of rotatable bonds is 4. The summed E-state index contributed by atoms with van der Waals surface area (Å²) in [7, 11) is 0. The van der Waals surface area contributed by atoms with Crippen LogP contribution in [0.2, 0.25) is 0 Å². The lowest BCUT2D eigenvalue weighted by Gasteiger charge is -2.42. The molecule has 2 saturated heterocycles. The van der Waals surface area contributed by atoms with Crippen LogP contribution in [0.25, 0.3) is 11.3 Å². The van der Waals surface area contributed by atoms with E-state index in [1.54, 1.807) is 11.3 Å². The van der Waals surface area contributed by atoms with E-state index in [1.165, 1.54) is 29.5 Å². The van der Waals surface area contributed by atoms with Gasteiger partial charge in [-0.2, -0.15) is 0 Å². The predicted octanol–water partition coefficient (Wildman–Crippen LogP) is 5.81. The summed E-state index contributed by atoms with van der Waals surface area (Å²) in [5.74, 6) is 0.0770. The van der Waals surface area contributed by atoms with E-state index in [-0.39, 0.29) is 28.9 Å². The number of benzene rings is 1. The molecule has 5 rings (SSSR count). The van der Waals surface area contributed by atoms with Crippen LogP contribution in [0.3, 0.4) is 0 Å². The Labute approximate surface area is 208 Å². The summed E-state index contributed by atoms with van der Waals surface area (Å²) in [5.41, 5.74) is 5.71. The van der Waals surface area contributed by atoms with Crippen LogP contribution in [0.1, 0.15) is 83.8 Å². The highest BCUT2D eigenvalue weighted by atomic mass is 32.1. The number of nitrogens with zero attached hydrogens (tertiary/aromatic N) is 2. The van der Waals surface area contributed by atoms with Crippen LogP contribution in [0.5, 0.6) is 0 Å². The Morgan fingerprint density at radius 1 is 1.06 bits per heavy atom. The molecule has 3 aliphatic rings. The normalized spacial score (nSPS) is 24.5. The standard InChI is InChI=1S/C28H39N3O2S/c1-27(2)12-13-28(3,4)22-17-19(8-9-21(22)27)23-18-34-26(30-23)31-14-10-20(11-15-31)29-25(32)24-7-5-6-16-33-24/h8-9,17-18,20,24H,5-7,10-16H2,1-4H3,(H,29,32). The van der Waals surface area contributed by atoms with Crippen molar-refractivity contribution in [1.29, 1.82) is 0 Å². The Morgan fingerprint density at radius 3 is 2.50 bits per heavy atom. The average molecular weight is 482 g/mol. The molecule has 1 aromatic heterocycles. The van der Waals surface area contributed by atoms with Crippen LogP contribution in [0.15, 0.2) is 23.6 Å². The first-order chi connectivity index (χ1) is 16.2. The van der Waals surface area contributed by atoms with Gasteiger partial charge in [-0.05, 0) is 73.0 Å². The number of fused-ring (bicyclic) bond motifs is 1. The van der Waals surface area contributed by atoms with Crippen molar-refractivity contribution in [3.8, 4) is 11.3 Å². The van der Waals surface area contributed by atoms with Crippen molar-refractivity contribution < 1.29 is 9.53 Å². The molecule has 3 heterocycles. The first-order valence-corrected chi connectivity index (χ1v) is 13.9. The number of amides is 1. The summed E-state index contributed by atoms with van der Waals surface area (Å²) in [4.78, 5) is 19.9. The number of ether oxygens (including phenoxy) is 1. The molecule has 1 N–H and O–H groups in total. The van der Waals surface area contributed by atoms with Gasteiger partial charge >= 0.3 is 0 Å². The Kier molecular flexibility index (Phi) is 6.49. The first kappa shape index (κ1) is 23.8. The number of thiazole rings is 1. The van der Waals surface area contributed by atoms with Crippen LogP contribution in [-0.4, -0.2) is 42.7 Å². The summed E-state index contributed by atoms with van der Waals surface area (Å²) < 4.78 is 5.64. The Morgan fingerprint density at radius 2 is 1.79 bits per heavy atom. The van der Waals surface area contributed by atoms with Crippen molar-refractivity contribution in [2.45, 2.75) is 95.6 Å². The molecule has 1 aromatic carbocycles. The monoisotopic (exact) mass is 481 g/mol. The number of hydrogen-bond acceptors (Lipinski definition) is 5. The molecule has 2 aliphatic heterocycles. The summed E-state index contributed by atoms with van der Waals surface area (Å²) in [6.07, 6.45) is 7.12. The Bertz CT molecular complexity index is 1030. The molecule has 1 unspecified atom stereocenters. The summed E-state index contributed by atoms with van der Waals surface area (Å²) in [6, 6.07) is 7.23. The minimum absolute atomic E-state index is 0.0770. The third-order valence-electron chi connectivity index (χ3n) is 8.22. The minimum atomic E-state index is -0.250. The molecule has 6 heteroatoms. The van der Waals surface area contributed by atoms with E-state index in [4.69, 9.17) is 9.72 Å². The Hall–Kier alpha value is -1.92. The number of nitrogens with one attached hydrogen (secondary N) is 1. The van der Waals surface area contributed by atoms with Crippen LogP contribution < -0.4 is 10.2 Å². The van der Waals surface area contributed by atoms with E-state index in [2.05, 4.69) is 61.5 Å². The van der Waals surface area contributed by atoms with Crippen molar-refractivity contribution in [3.05, 3.63) is 34.7 Å². The van der Waals surface area contributed by atoms with Gasteiger partial charge in [-0.15, -0.1) is 11.3 Å². The maximum atomic E-state index is 12.5. The quantitative estimate of drug-likeness (QED) is 0.598. The second-order valence-electron chi connectivity index (χ2n) is 11.7. The highest BCUT2D eigenvalue weighted by molar-refractivity contribution is 7.14. The molecule has 184 valence electrons. The maximum absolute atomic E-state index is 12.5. The van der Waals surface area contributed by atoms with Gasteiger partial charge in [-0.3, -0.25) is 4.79 Å². The second-order valence-corrected chi connectivity index (χ2v) is 12.5. The zero-order valence-corrected chi connectivity index (χ0v) is 22.0. The molecular formula is C28H39N3O2S. The highest BCUT2D eigenvalue weighted by Gasteiger charge is 2.37. The van der Waals surface area contributed by atoms with Gasteiger partial charge in [-0.1, -0.05) is 39.8 Å². The van der Waals surface area contributed by atoms with Crippen molar-refractivity contribution in [2.24, 2.45) is 0 Å².